The van der Waals surface area contributed by atoms with E-state index in [1.54, 1.807) is 31.3 Å². The van der Waals surface area contributed by atoms with Gasteiger partial charge in [-0.2, -0.15) is 5.10 Å². The van der Waals surface area contributed by atoms with Crippen LogP contribution in [0.3, 0.4) is 0 Å². The molecule has 2 aromatic carbocycles. The van der Waals surface area contributed by atoms with Crippen molar-refractivity contribution in [1.29, 1.82) is 0 Å². The van der Waals surface area contributed by atoms with Gasteiger partial charge < -0.3 is 10.2 Å². The highest BCUT2D eigenvalue weighted by molar-refractivity contribution is 5.88. The van der Waals surface area contributed by atoms with Crippen molar-refractivity contribution in [3.63, 3.8) is 0 Å². The number of aryl methyl sites for hydroxylation is 1. The van der Waals surface area contributed by atoms with E-state index in [-0.39, 0.29) is 29.7 Å². The van der Waals surface area contributed by atoms with Crippen LogP contribution < -0.4 is 10.9 Å². The predicted molar refractivity (Wildman–Crippen MR) is 107 cm³/mol. The van der Waals surface area contributed by atoms with Crippen molar-refractivity contribution >= 4 is 16.7 Å². The Morgan fingerprint density at radius 1 is 1.18 bits per heavy atom. The fraction of sp³-hybridized carbons (Fsp3) is 0.286. The summed E-state index contributed by atoms with van der Waals surface area (Å²) in [5.41, 5.74) is 1.14. The number of nitrogens with zero attached hydrogens (tertiary/aromatic N) is 3. The maximum Gasteiger partial charge on any atom is 0.274 e. The summed E-state index contributed by atoms with van der Waals surface area (Å²) in [5, 5.41) is 8.37. The Morgan fingerprint density at radius 2 is 1.89 bits per heavy atom. The lowest BCUT2D eigenvalue weighted by Crippen LogP contribution is -2.35. The van der Waals surface area contributed by atoms with Crippen LogP contribution >= 0.6 is 0 Å². The van der Waals surface area contributed by atoms with Gasteiger partial charge in [-0.05, 0) is 37.9 Å². The van der Waals surface area contributed by atoms with Gasteiger partial charge in [0, 0.05) is 19.0 Å². The molecule has 3 rings (SSSR count). The average molecular weight is 382 g/mol. The van der Waals surface area contributed by atoms with E-state index >= 15 is 0 Å². The number of amides is 1. The number of nitrogens with one attached hydrogen (secondary N) is 1. The Kier molecular flexibility index (Phi) is 5.84. The molecule has 1 atom stereocenters. The van der Waals surface area contributed by atoms with Gasteiger partial charge in [0.25, 0.3) is 5.56 Å². The van der Waals surface area contributed by atoms with Crippen LogP contribution in [0.1, 0.15) is 17.3 Å². The Bertz CT molecular complexity index is 1060. The summed E-state index contributed by atoms with van der Waals surface area (Å²) in [6.07, 6.45) is 0.0535. The summed E-state index contributed by atoms with van der Waals surface area (Å²) in [6.45, 7) is 0.332. The van der Waals surface area contributed by atoms with Crippen molar-refractivity contribution in [2.24, 2.45) is 7.05 Å². The summed E-state index contributed by atoms with van der Waals surface area (Å²) < 4.78 is 14.8. The molecule has 0 saturated heterocycles. The molecule has 1 aromatic heterocycles. The Morgan fingerprint density at radius 3 is 2.57 bits per heavy atom. The Balaban J connectivity index is 1.76. The third-order valence-corrected chi connectivity index (χ3v) is 4.71. The van der Waals surface area contributed by atoms with Crippen LogP contribution in [0.2, 0.25) is 0 Å². The van der Waals surface area contributed by atoms with E-state index in [0.29, 0.717) is 23.0 Å². The molecule has 0 bridgehead atoms. The second kappa shape index (κ2) is 8.31. The van der Waals surface area contributed by atoms with E-state index < -0.39 is 0 Å². The lowest BCUT2D eigenvalue weighted by Gasteiger charge is -2.25. The Hall–Kier alpha value is -3.06. The van der Waals surface area contributed by atoms with Crippen molar-refractivity contribution in [3.05, 3.63) is 76.0 Å². The van der Waals surface area contributed by atoms with E-state index in [4.69, 9.17) is 0 Å². The predicted octanol–water partition coefficient (Wildman–Crippen LogP) is 2.03. The first-order chi connectivity index (χ1) is 13.4. The van der Waals surface area contributed by atoms with Gasteiger partial charge >= 0.3 is 0 Å². The van der Waals surface area contributed by atoms with Crippen LogP contribution in [0.25, 0.3) is 10.8 Å². The summed E-state index contributed by atoms with van der Waals surface area (Å²) in [4.78, 5) is 26.7. The summed E-state index contributed by atoms with van der Waals surface area (Å²) in [6, 6.07) is 13.3. The third kappa shape index (κ3) is 4.26. The van der Waals surface area contributed by atoms with Crippen LogP contribution in [-0.2, 0) is 18.3 Å². The van der Waals surface area contributed by atoms with Gasteiger partial charge in [0.05, 0.1) is 23.5 Å². The van der Waals surface area contributed by atoms with Crippen molar-refractivity contribution in [2.45, 2.75) is 12.5 Å². The number of carbonyl (C=O) groups is 1. The van der Waals surface area contributed by atoms with Crippen molar-refractivity contribution in [1.82, 2.24) is 20.0 Å². The molecule has 0 aliphatic carbocycles. The number of likely N-dealkylation sites (N-methyl/N-ethyl adjacent to an activating group) is 1. The minimum absolute atomic E-state index is 0.0535. The molecule has 0 aliphatic rings. The van der Waals surface area contributed by atoms with E-state index in [1.165, 1.54) is 16.8 Å². The van der Waals surface area contributed by atoms with E-state index in [0.717, 1.165) is 5.56 Å². The zero-order valence-electron chi connectivity index (χ0n) is 16.1. The van der Waals surface area contributed by atoms with Gasteiger partial charge in [0.15, 0.2) is 0 Å². The number of aromatic nitrogens is 2. The van der Waals surface area contributed by atoms with Crippen molar-refractivity contribution in [3.8, 4) is 0 Å². The molecule has 146 valence electrons. The van der Waals surface area contributed by atoms with Gasteiger partial charge in [-0.3, -0.25) is 9.59 Å². The monoisotopic (exact) mass is 382 g/mol. The number of hydrogen-bond acceptors (Lipinski definition) is 4. The lowest BCUT2D eigenvalue weighted by atomic mass is 10.1. The van der Waals surface area contributed by atoms with Crippen LogP contribution in [0, 0.1) is 5.82 Å². The van der Waals surface area contributed by atoms with E-state index in [2.05, 4.69) is 10.4 Å². The molecule has 28 heavy (non-hydrogen) atoms. The fourth-order valence-electron chi connectivity index (χ4n) is 3.24. The SMILES string of the molecule is CN(C)[C@@H](CNC(=O)Cc1nn(C)c(=O)c2ccccc12)c1cccc(F)c1. The number of hydrogen-bond donors (Lipinski definition) is 1. The van der Waals surface area contributed by atoms with Gasteiger partial charge in [-0.25, -0.2) is 9.07 Å². The lowest BCUT2D eigenvalue weighted by molar-refractivity contribution is -0.120. The number of carbonyl (C=O) groups excluding carboxylic acids is 1. The first-order valence-electron chi connectivity index (χ1n) is 9.00. The summed E-state index contributed by atoms with van der Waals surface area (Å²) >= 11 is 0. The van der Waals surface area contributed by atoms with Crippen LogP contribution in [0.5, 0.6) is 0 Å². The third-order valence-electron chi connectivity index (χ3n) is 4.71. The first kappa shape index (κ1) is 19.7. The molecule has 0 aliphatic heterocycles. The van der Waals surface area contributed by atoms with Crippen LogP contribution in [0.15, 0.2) is 53.3 Å². The van der Waals surface area contributed by atoms with Gasteiger partial charge in [0.1, 0.15) is 5.82 Å². The van der Waals surface area contributed by atoms with Crippen molar-refractivity contribution in [2.75, 3.05) is 20.6 Å². The molecule has 0 unspecified atom stereocenters. The molecule has 0 spiro atoms. The smallest absolute Gasteiger partial charge is 0.274 e. The normalized spacial score (nSPS) is 12.3. The number of rotatable bonds is 6. The second-order valence-electron chi connectivity index (χ2n) is 6.94. The van der Waals surface area contributed by atoms with E-state index in [9.17, 15) is 14.0 Å². The first-order valence-corrected chi connectivity index (χ1v) is 9.00. The average Bonchev–Trinajstić information content (AvgIpc) is 2.66. The molecule has 0 saturated carbocycles. The van der Waals surface area contributed by atoms with Gasteiger partial charge in [0.2, 0.25) is 5.91 Å². The topological polar surface area (TPSA) is 67.2 Å². The molecule has 7 heteroatoms. The summed E-state index contributed by atoms with van der Waals surface area (Å²) in [5.74, 6) is -0.517. The zero-order chi connectivity index (χ0) is 20.3. The molecule has 1 N–H and O–H groups in total. The number of halogens is 1. The van der Waals surface area contributed by atoms with E-state index in [1.807, 2.05) is 31.1 Å². The van der Waals surface area contributed by atoms with Crippen LogP contribution in [0.4, 0.5) is 4.39 Å². The maximum atomic E-state index is 13.6. The minimum atomic E-state index is -0.309. The molecular weight excluding hydrogens is 359 g/mol. The molecular formula is C21H23FN4O2. The highest BCUT2D eigenvalue weighted by Crippen LogP contribution is 2.18. The van der Waals surface area contributed by atoms with Gasteiger partial charge in [-0.1, -0.05) is 30.3 Å². The molecule has 1 amide bonds. The molecule has 1 heterocycles. The quantitative estimate of drug-likeness (QED) is 0.709. The standard InChI is InChI=1S/C21H23FN4O2/c1-25(2)19(14-7-6-8-15(22)11-14)13-23-20(27)12-18-16-9-4-5-10-17(16)21(28)26(3)24-18/h4-11,19H,12-13H2,1-3H3,(H,23,27)/t19-/m0/s1. The second-order valence-corrected chi connectivity index (χ2v) is 6.94. The summed E-state index contributed by atoms with van der Waals surface area (Å²) in [7, 11) is 5.33. The molecule has 3 aromatic rings. The largest absolute Gasteiger partial charge is 0.354 e. The molecule has 6 nitrogen and oxygen atoms in total. The van der Waals surface area contributed by atoms with Crippen molar-refractivity contribution < 1.29 is 9.18 Å². The molecule has 0 fully saturated rings. The van der Waals surface area contributed by atoms with Gasteiger partial charge in [-0.15, -0.1) is 0 Å². The highest BCUT2D eigenvalue weighted by Gasteiger charge is 2.17. The molecule has 0 radical (unpaired) electrons. The Labute approximate surface area is 162 Å². The fourth-order valence-corrected chi connectivity index (χ4v) is 3.24. The maximum absolute atomic E-state index is 13.6. The highest BCUT2D eigenvalue weighted by atomic mass is 19.1. The number of benzene rings is 2. The van der Waals surface area contributed by atoms with Crippen LogP contribution in [-0.4, -0.2) is 41.2 Å². The minimum Gasteiger partial charge on any atom is -0.354 e. The number of fused-ring (bicyclic) bond motifs is 1. The zero-order valence-corrected chi connectivity index (χ0v) is 16.1.